The highest BCUT2D eigenvalue weighted by Crippen LogP contribution is 2.22. The number of rotatable bonds is 5. The van der Waals surface area contributed by atoms with Gasteiger partial charge in [-0.25, -0.2) is 0 Å². The van der Waals surface area contributed by atoms with Crippen molar-refractivity contribution < 1.29 is 9.84 Å². The zero-order valence-corrected chi connectivity index (χ0v) is 11.0. The van der Waals surface area contributed by atoms with Crippen LogP contribution >= 0.6 is 0 Å². The van der Waals surface area contributed by atoms with E-state index in [1.54, 1.807) is 7.11 Å². The van der Waals surface area contributed by atoms with Crippen molar-refractivity contribution in [1.29, 1.82) is 0 Å². The first kappa shape index (κ1) is 13.5. The average molecular weight is 249 g/mol. The Hall–Kier alpha value is -0.900. The van der Waals surface area contributed by atoms with Gasteiger partial charge in [-0.3, -0.25) is 0 Å². The van der Waals surface area contributed by atoms with Gasteiger partial charge in [-0.15, -0.1) is 0 Å². The van der Waals surface area contributed by atoms with Crippen LogP contribution < -0.4 is 5.32 Å². The van der Waals surface area contributed by atoms with Crippen LogP contribution in [0.5, 0.6) is 0 Å². The summed E-state index contributed by atoms with van der Waals surface area (Å²) in [6.07, 6.45) is 3.82. The molecule has 0 spiro atoms. The summed E-state index contributed by atoms with van der Waals surface area (Å²) >= 11 is 0. The summed E-state index contributed by atoms with van der Waals surface area (Å²) < 4.78 is 5.31. The SMILES string of the molecule is COCC(NC1CCC(O)CC1)c1ccccc1. The van der Waals surface area contributed by atoms with E-state index in [0.29, 0.717) is 12.6 Å². The van der Waals surface area contributed by atoms with Gasteiger partial charge in [0.15, 0.2) is 0 Å². The lowest BCUT2D eigenvalue weighted by Crippen LogP contribution is -2.38. The van der Waals surface area contributed by atoms with Crippen molar-refractivity contribution >= 4 is 0 Å². The van der Waals surface area contributed by atoms with Gasteiger partial charge in [0.2, 0.25) is 0 Å². The molecule has 1 fully saturated rings. The minimum Gasteiger partial charge on any atom is -0.393 e. The topological polar surface area (TPSA) is 41.5 Å². The molecule has 2 rings (SSSR count). The van der Waals surface area contributed by atoms with Gasteiger partial charge in [0.05, 0.1) is 18.8 Å². The van der Waals surface area contributed by atoms with Crippen molar-refractivity contribution in [3.05, 3.63) is 35.9 Å². The van der Waals surface area contributed by atoms with Crippen molar-refractivity contribution in [3.8, 4) is 0 Å². The van der Waals surface area contributed by atoms with Gasteiger partial charge in [0.1, 0.15) is 0 Å². The Morgan fingerprint density at radius 3 is 2.50 bits per heavy atom. The fourth-order valence-corrected chi connectivity index (χ4v) is 2.62. The minimum absolute atomic E-state index is 0.0966. The Balaban J connectivity index is 1.94. The fraction of sp³-hybridized carbons (Fsp3) is 0.600. The monoisotopic (exact) mass is 249 g/mol. The van der Waals surface area contributed by atoms with E-state index in [4.69, 9.17) is 4.74 Å². The summed E-state index contributed by atoms with van der Waals surface area (Å²) in [6, 6.07) is 11.2. The van der Waals surface area contributed by atoms with Gasteiger partial charge >= 0.3 is 0 Å². The summed E-state index contributed by atoms with van der Waals surface area (Å²) in [5, 5.41) is 13.2. The lowest BCUT2D eigenvalue weighted by molar-refractivity contribution is 0.105. The second kappa shape index (κ2) is 6.88. The second-order valence-corrected chi connectivity index (χ2v) is 5.09. The molecule has 1 aliphatic carbocycles. The van der Waals surface area contributed by atoms with Crippen molar-refractivity contribution in [3.63, 3.8) is 0 Å². The molecule has 1 aromatic carbocycles. The summed E-state index contributed by atoms with van der Waals surface area (Å²) in [5.74, 6) is 0. The Kier molecular flexibility index (Phi) is 5.17. The maximum atomic E-state index is 9.53. The van der Waals surface area contributed by atoms with Crippen molar-refractivity contribution in [2.75, 3.05) is 13.7 Å². The van der Waals surface area contributed by atoms with Crippen LogP contribution in [0.15, 0.2) is 30.3 Å². The predicted molar refractivity (Wildman–Crippen MR) is 72.5 cm³/mol. The third-order valence-electron chi connectivity index (χ3n) is 3.67. The van der Waals surface area contributed by atoms with Crippen LogP contribution in [0, 0.1) is 0 Å². The van der Waals surface area contributed by atoms with Crippen molar-refractivity contribution in [2.24, 2.45) is 0 Å². The van der Waals surface area contributed by atoms with Crippen LogP contribution in [0.3, 0.4) is 0 Å². The number of methoxy groups -OCH3 is 1. The molecule has 0 saturated heterocycles. The quantitative estimate of drug-likeness (QED) is 0.841. The van der Waals surface area contributed by atoms with Gasteiger partial charge in [0, 0.05) is 13.2 Å². The fourth-order valence-electron chi connectivity index (χ4n) is 2.62. The van der Waals surface area contributed by atoms with Crippen molar-refractivity contribution in [2.45, 2.75) is 43.9 Å². The minimum atomic E-state index is -0.0966. The smallest absolute Gasteiger partial charge is 0.0657 e. The van der Waals surface area contributed by atoms with E-state index in [1.807, 2.05) is 6.07 Å². The molecule has 3 heteroatoms. The van der Waals surface area contributed by atoms with Gasteiger partial charge in [-0.05, 0) is 31.2 Å². The zero-order valence-electron chi connectivity index (χ0n) is 11.0. The van der Waals surface area contributed by atoms with E-state index in [1.165, 1.54) is 5.56 Å². The van der Waals surface area contributed by atoms with Gasteiger partial charge < -0.3 is 15.2 Å². The van der Waals surface area contributed by atoms with Crippen LogP contribution in [0.25, 0.3) is 0 Å². The maximum Gasteiger partial charge on any atom is 0.0657 e. The van der Waals surface area contributed by atoms with E-state index in [-0.39, 0.29) is 12.1 Å². The predicted octanol–water partition coefficient (Wildman–Crippen LogP) is 2.27. The van der Waals surface area contributed by atoms with E-state index in [2.05, 4.69) is 29.6 Å². The van der Waals surface area contributed by atoms with Crippen LogP contribution in [0.1, 0.15) is 37.3 Å². The highest BCUT2D eigenvalue weighted by molar-refractivity contribution is 5.19. The first-order chi connectivity index (χ1) is 8.79. The third-order valence-corrected chi connectivity index (χ3v) is 3.67. The number of nitrogens with one attached hydrogen (secondary N) is 1. The number of hydrogen-bond acceptors (Lipinski definition) is 3. The maximum absolute atomic E-state index is 9.53. The number of benzene rings is 1. The highest BCUT2D eigenvalue weighted by Gasteiger charge is 2.22. The molecular weight excluding hydrogens is 226 g/mol. The molecule has 3 nitrogen and oxygen atoms in total. The standard InChI is InChI=1S/C15H23NO2/c1-18-11-15(12-5-3-2-4-6-12)16-13-7-9-14(17)10-8-13/h2-6,13-17H,7-11H2,1H3. The summed E-state index contributed by atoms with van der Waals surface area (Å²) in [6.45, 7) is 0.684. The first-order valence-electron chi connectivity index (χ1n) is 6.77. The Morgan fingerprint density at radius 1 is 1.22 bits per heavy atom. The number of ether oxygens (including phenoxy) is 1. The van der Waals surface area contributed by atoms with Gasteiger partial charge in [0.25, 0.3) is 0 Å². The number of hydrogen-bond donors (Lipinski definition) is 2. The Morgan fingerprint density at radius 2 is 1.89 bits per heavy atom. The molecule has 1 saturated carbocycles. The van der Waals surface area contributed by atoms with Crippen LogP contribution in [-0.4, -0.2) is 31.0 Å². The Labute approximate surface area is 109 Å². The largest absolute Gasteiger partial charge is 0.393 e. The molecule has 1 unspecified atom stereocenters. The summed E-state index contributed by atoms with van der Waals surface area (Å²) in [5.41, 5.74) is 1.27. The van der Waals surface area contributed by atoms with Crippen molar-refractivity contribution in [1.82, 2.24) is 5.32 Å². The van der Waals surface area contributed by atoms with E-state index in [0.717, 1.165) is 25.7 Å². The van der Waals surface area contributed by atoms with E-state index >= 15 is 0 Å². The normalized spacial score (nSPS) is 25.9. The molecular formula is C15H23NO2. The molecule has 0 aliphatic heterocycles. The van der Waals surface area contributed by atoms with Crippen LogP contribution in [0.4, 0.5) is 0 Å². The van der Waals surface area contributed by atoms with Gasteiger partial charge in [-0.2, -0.15) is 0 Å². The molecule has 1 atom stereocenters. The second-order valence-electron chi connectivity index (χ2n) is 5.09. The average Bonchev–Trinajstić information content (AvgIpc) is 2.42. The highest BCUT2D eigenvalue weighted by atomic mass is 16.5. The molecule has 2 N–H and O–H groups in total. The summed E-state index contributed by atoms with van der Waals surface area (Å²) in [4.78, 5) is 0. The molecule has 0 bridgehead atoms. The molecule has 1 aromatic rings. The van der Waals surface area contributed by atoms with Crippen LogP contribution in [0.2, 0.25) is 0 Å². The first-order valence-corrected chi connectivity index (χ1v) is 6.77. The molecule has 0 heterocycles. The number of aliphatic hydroxyl groups is 1. The molecule has 0 radical (unpaired) electrons. The lowest BCUT2D eigenvalue weighted by atomic mass is 9.92. The Bertz CT molecular complexity index is 334. The zero-order chi connectivity index (χ0) is 12.8. The van der Waals surface area contributed by atoms with E-state index in [9.17, 15) is 5.11 Å². The number of aliphatic hydroxyl groups excluding tert-OH is 1. The molecule has 0 amide bonds. The third kappa shape index (κ3) is 3.80. The van der Waals surface area contributed by atoms with Crippen LogP contribution in [-0.2, 0) is 4.74 Å². The lowest BCUT2D eigenvalue weighted by Gasteiger charge is -2.30. The molecule has 1 aliphatic rings. The summed E-state index contributed by atoms with van der Waals surface area (Å²) in [7, 11) is 1.74. The van der Waals surface area contributed by atoms with Gasteiger partial charge in [-0.1, -0.05) is 30.3 Å². The molecule has 100 valence electrons. The molecule has 0 aromatic heterocycles. The molecule has 18 heavy (non-hydrogen) atoms. The van der Waals surface area contributed by atoms with E-state index < -0.39 is 0 Å².